The van der Waals surface area contributed by atoms with Gasteiger partial charge in [0.15, 0.2) is 0 Å². The molecule has 1 aliphatic carbocycles. The standard InChI is InChI=1S/C11H10N2O2S/c14-11(15)8-4-16-5-10(8)13-3-9(12-6-13)7-1-2-7/h3-7H,1-2H2,(H,14,15). The van der Waals surface area contributed by atoms with Gasteiger partial charge in [0, 0.05) is 22.9 Å². The third kappa shape index (κ3) is 1.53. The monoisotopic (exact) mass is 234 g/mol. The normalized spacial score (nSPS) is 15.2. The second kappa shape index (κ2) is 3.45. The molecule has 1 saturated carbocycles. The molecule has 1 aliphatic rings. The van der Waals surface area contributed by atoms with Crippen LogP contribution in [0.4, 0.5) is 0 Å². The molecule has 0 aromatic carbocycles. The number of carboxylic acid groups (broad SMARTS) is 1. The number of carboxylic acids is 1. The van der Waals surface area contributed by atoms with Crippen LogP contribution < -0.4 is 0 Å². The largest absolute Gasteiger partial charge is 0.478 e. The van der Waals surface area contributed by atoms with Gasteiger partial charge in [0.1, 0.15) is 0 Å². The smallest absolute Gasteiger partial charge is 0.338 e. The third-order valence-electron chi connectivity index (χ3n) is 2.75. The Balaban J connectivity index is 2.00. The van der Waals surface area contributed by atoms with Gasteiger partial charge in [-0.05, 0) is 12.8 Å². The fraction of sp³-hybridized carbons (Fsp3) is 0.273. The molecular weight excluding hydrogens is 224 g/mol. The zero-order chi connectivity index (χ0) is 11.1. The summed E-state index contributed by atoms with van der Waals surface area (Å²) in [6.07, 6.45) is 6.03. The van der Waals surface area contributed by atoms with Gasteiger partial charge in [-0.25, -0.2) is 9.78 Å². The van der Waals surface area contributed by atoms with Crippen molar-refractivity contribution >= 4 is 17.3 Å². The lowest BCUT2D eigenvalue weighted by atomic mass is 10.3. The Morgan fingerprint density at radius 3 is 3.00 bits per heavy atom. The summed E-state index contributed by atoms with van der Waals surface area (Å²) in [7, 11) is 0. The topological polar surface area (TPSA) is 55.1 Å². The van der Waals surface area contributed by atoms with E-state index < -0.39 is 5.97 Å². The predicted octanol–water partition coefficient (Wildman–Crippen LogP) is 2.51. The lowest BCUT2D eigenvalue weighted by Gasteiger charge is -1.99. The Kier molecular flexibility index (Phi) is 2.07. The second-order valence-electron chi connectivity index (χ2n) is 3.96. The van der Waals surface area contributed by atoms with E-state index in [1.54, 1.807) is 16.3 Å². The lowest BCUT2D eigenvalue weighted by Crippen LogP contribution is -2.00. The lowest BCUT2D eigenvalue weighted by molar-refractivity contribution is 0.0697. The quantitative estimate of drug-likeness (QED) is 0.887. The molecule has 0 atom stereocenters. The molecule has 0 unspecified atom stereocenters. The van der Waals surface area contributed by atoms with Crippen LogP contribution in [0.15, 0.2) is 23.3 Å². The maximum absolute atomic E-state index is 11.0. The van der Waals surface area contributed by atoms with Crippen molar-refractivity contribution in [2.75, 3.05) is 0 Å². The highest BCUT2D eigenvalue weighted by Gasteiger charge is 2.26. The number of thiophene rings is 1. The van der Waals surface area contributed by atoms with E-state index >= 15 is 0 Å². The number of rotatable bonds is 3. The molecular formula is C11H10N2O2S. The third-order valence-corrected chi connectivity index (χ3v) is 3.48. The molecule has 3 rings (SSSR count). The molecule has 0 aliphatic heterocycles. The first kappa shape index (κ1) is 9.59. The highest BCUT2D eigenvalue weighted by Crippen LogP contribution is 2.39. The minimum Gasteiger partial charge on any atom is -0.478 e. The van der Waals surface area contributed by atoms with E-state index in [9.17, 15) is 4.79 Å². The molecule has 82 valence electrons. The molecule has 5 heteroatoms. The zero-order valence-electron chi connectivity index (χ0n) is 8.46. The highest BCUT2D eigenvalue weighted by molar-refractivity contribution is 7.08. The van der Waals surface area contributed by atoms with E-state index in [1.165, 1.54) is 24.2 Å². The summed E-state index contributed by atoms with van der Waals surface area (Å²) in [5.41, 5.74) is 2.11. The molecule has 0 radical (unpaired) electrons. The van der Waals surface area contributed by atoms with Gasteiger partial charge in [0.05, 0.1) is 23.3 Å². The van der Waals surface area contributed by atoms with Crippen molar-refractivity contribution < 1.29 is 9.90 Å². The Morgan fingerprint density at radius 2 is 2.31 bits per heavy atom. The van der Waals surface area contributed by atoms with Crippen LogP contribution in [0.2, 0.25) is 0 Å². The molecule has 2 heterocycles. The van der Waals surface area contributed by atoms with Crippen LogP contribution in [-0.4, -0.2) is 20.6 Å². The summed E-state index contributed by atoms with van der Waals surface area (Å²) in [4.78, 5) is 15.3. The summed E-state index contributed by atoms with van der Waals surface area (Å²) in [6, 6.07) is 0. The van der Waals surface area contributed by atoms with E-state index in [4.69, 9.17) is 5.11 Å². The van der Waals surface area contributed by atoms with E-state index in [1.807, 2.05) is 11.6 Å². The Morgan fingerprint density at radius 1 is 1.50 bits per heavy atom. The fourth-order valence-electron chi connectivity index (χ4n) is 1.71. The molecule has 4 nitrogen and oxygen atoms in total. The number of hydrogen-bond acceptors (Lipinski definition) is 3. The van der Waals surface area contributed by atoms with Gasteiger partial charge in [0.25, 0.3) is 0 Å². The SMILES string of the molecule is O=C(O)c1cscc1-n1cnc(C2CC2)c1. The van der Waals surface area contributed by atoms with Crippen LogP contribution in [-0.2, 0) is 0 Å². The number of hydrogen-bond donors (Lipinski definition) is 1. The molecule has 16 heavy (non-hydrogen) atoms. The maximum atomic E-state index is 11.0. The summed E-state index contributed by atoms with van der Waals surface area (Å²) in [6.45, 7) is 0. The van der Waals surface area contributed by atoms with E-state index in [0.717, 1.165) is 5.69 Å². The molecule has 2 aromatic rings. The van der Waals surface area contributed by atoms with Crippen LogP contribution in [0.5, 0.6) is 0 Å². The maximum Gasteiger partial charge on any atom is 0.338 e. The molecule has 1 fully saturated rings. The number of carbonyl (C=O) groups is 1. The molecule has 0 saturated heterocycles. The van der Waals surface area contributed by atoms with Crippen molar-refractivity contribution in [2.45, 2.75) is 18.8 Å². The van der Waals surface area contributed by atoms with Gasteiger partial charge in [0.2, 0.25) is 0 Å². The van der Waals surface area contributed by atoms with Gasteiger partial charge < -0.3 is 9.67 Å². The van der Waals surface area contributed by atoms with Crippen molar-refractivity contribution in [3.63, 3.8) is 0 Å². The number of aromatic nitrogens is 2. The van der Waals surface area contributed by atoms with Crippen LogP contribution in [0.25, 0.3) is 5.69 Å². The van der Waals surface area contributed by atoms with Crippen LogP contribution in [0, 0.1) is 0 Å². The van der Waals surface area contributed by atoms with Crippen molar-refractivity contribution in [2.24, 2.45) is 0 Å². The van der Waals surface area contributed by atoms with Gasteiger partial charge >= 0.3 is 5.97 Å². The first-order valence-electron chi connectivity index (χ1n) is 5.09. The first-order chi connectivity index (χ1) is 7.75. The van der Waals surface area contributed by atoms with Crippen LogP contribution >= 0.6 is 11.3 Å². The van der Waals surface area contributed by atoms with Gasteiger partial charge in [-0.15, -0.1) is 11.3 Å². The van der Waals surface area contributed by atoms with Gasteiger partial charge in [-0.2, -0.15) is 0 Å². The summed E-state index contributed by atoms with van der Waals surface area (Å²) < 4.78 is 1.80. The summed E-state index contributed by atoms with van der Waals surface area (Å²) in [5.74, 6) is -0.300. The highest BCUT2D eigenvalue weighted by atomic mass is 32.1. The number of nitrogens with zero attached hydrogens (tertiary/aromatic N) is 2. The van der Waals surface area contributed by atoms with E-state index in [0.29, 0.717) is 17.2 Å². The average Bonchev–Trinajstić information content (AvgIpc) is 2.83. The summed E-state index contributed by atoms with van der Waals surface area (Å²) >= 11 is 1.39. The van der Waals surface area contributed by atoms with Crippen LogP contribution in [0.3, 0.4) is 0 Å². The molecule has 2 aromatic heterocycles. The minimum absolute atomic E-state index is 0.338. The van der Waals surface area contributed by atoms with Gasteiger partial charge in [-0.1, -0.05) is 0 Å². The Bertz CT molecular complexity index is 540. The van der Waals surface area contributed by atoms with Crippen molar-refractivity contribution in [3.05, 3.63) is 34.5 Å². The second-order valence-corrected chi connectivity index (χ2v) is 4.70. The van der Waals surface area contributed by atoms with Crippen LogP contribution in [0.1, 0.15) is 34.8 Å². The molecule has 0 spiro atoms. The van der Waals surface area contributed by atoms with Crippen molar-refractivity contribution in [1.29, 1.82) is 0 Å². The molecule has 1 N–H and O–H groups in total. The Hall–Kier alpha value is -1.62. The first-order valence-corrected chi connectivity index (χ1v) is 6.03. The van der Waals surface area contributed by atoms with E-state index in [-0.39, 0.29) is 0 Å². The van der Waals surface area contributed by atoms with Crippen molar-refractivity contribution in [3.8, 4) is 5.69 Å². The Labute approximate surface area is 96.2 Å². The fourth-order valence-corrected chi connectivity index (χ4v) is 2.51. The zero-order valence-corrected chi connectivity index (χ0v) is 9.28. The number of imidazole rings is 1. The summed E-state index contributed by atoms with van der Waals surface area (Å²) in [5, 5.41) is 12.5. The van der Waals surface area contributed by atoms with Crippen molar-refractivity contribution in [1.82, 2.24) is 9.55 Å². The molecule has 0 amide bonds. The predicted molar refractivity (Wildman–Crippen MR) is 60.4 cm³/mol. The van der Waals surface area contributed by atoms with Gasteiger partial charge in [-0.3, -0.25) is 0 Å². The minimum atomic E-state index is -0.891. The molecule has 0 bridgehead atoms. The van der Waals surface area contributed by atoms with E-state index in [2.05, 4.69) is 4.98 Å². The number of aromatic carboxylic acids is 1. The average molecular weight is 234 g/mol.